The first-order valence-corrected chi connectivity index (χ1v) is 12.2. The molecular weight excluding hydrogens is 432 g/mol. The lowest BCUT2D eigenvalue weighted by Gasteiger charge is -2.34. The third-order valence-corrected chi connectivity index (χ3v) is 8.20. The van der Waals surface area contributed by atoms with Crippen LogP contribution in [0.1, 0.15) is 76.5 Å². The van der Waals surface area contributed by atoms with Crippen LogP contribution in [0, 0.1) is 17.8 Å². The highest BCUT2D eigenvalue weighted by atomic mass is 32.1. The first kappa shape index (κ1) is 25.6. The van der Waals surface area contributed by atoms with Gasteiger partial charge in [-0.2, -0.15) is 12.6 Å². The number of ketones is 1. The molecule has 2 rings (SSSR count). The molecule has 1 aliphatic rings. The molecule has 8 heteroatoms. The SMILES string of the molecule is CC1CC[C@](S)(C(C)C(=O)O)CC(=O)N[C@H](C)c2nc(cs2)CC/C=C/C(=O)CC1C. The molecule has 31 heavy (non-hydrogen) atoms. The highest BCUT2D eigenvalue weighted by Crippen LogP contribution is 2.37. The minimum Gasteiger partial charge on any atom is -0.481 e. The summed E-state index contributed by atoms with van der Waals surface area (Å²) < 4.78 is -0.979. The van der Waals surface area contributed by atoms with Crippen molar-refractivity contribution in [1.82, 2.24) is 10.3 Å². The average Bonchev–Trinajstić information content (AvgIpc) is 3.17. The second kappa shape index (κ2) is 11.3. The van der Waals surface area contributed by atoms with E-state index < -0.39 is 16.6 Å². The van der Waals surface area contributed by atoms with Crippen LogP contribution in [-0.4, -0.2) is 32.5 Å². The number of carboxylic acids is 1. The van der Waals surface area contributed by atoms with E-state index >= 15 is 0 Å². The fourth-order valence-electron chi connectivity index (χ4n) is 3.75. The van der Waals surface area contributed by atoms with Crippen molar-refractivity contribution in [3.8, 4) is 0 Å². The summed E-state index contributed by atoms with van der Waals surface area (Å²) in [6.45, 7) is 7.59. The summed E-state index contributed by atoms with van der Waals surface area (Å²) in [6.07, 6.45) is 6.68. The maximum absolute atomic E-state index is 12.8. The Morgan fingerprint density at radius 3 is 2.71 bits per heavy atom. The zero-order valence-electron chi connectivity index (χ0n) is 18.8. The zero-order valence-corrected chi connectivity index (χ0v) is 20.5. The summed E-state index contributed by atoms with van der Waals surface area (Å²) in [5.41, 5.74) is 0.935. The van der Waals surface area contributed by atoms with Crippen LogP contribution in [0.25, 0.3) is 0 Å². The van der Waals surface area contributed by atoms with E-state index in [-0.39, 0.29) is 36.0 Å². The Labute approximate surface area is 194 Å². The molecule has 2 N–H and O–H groups in total. The number of thiol groups is 1. The Hall–Kier alpha value is -1.67. The molecular formula is C23H34N2O4S2. The van der Waals surface area contributed by atoms with Gasteiger partial charge in [-0.3, -0.25) is 14.4 Å². The third kappa shape index (κ3) is 7.45. The van der Waals surface area contributed by atoms with E-state index in [1.54, 1.807) is 13.0 Å². The molecule has 3 unspecified atom stereocenters. The molecule has 0 aromatic carbocycles. The van der Waals surface area contributed by atoms with Crippen molar-refractivity contribution in [2.75, 3.05) is 0 Å². The van der Waals surface area contributed by atoms with Gasteiger partial charge in [-0.1, -0.05) is 26.8 Å². The highest BCUT2D eigenvalue weighted by Gasteiger charge is 2.39. The van der Waals surface area contributed by atoms with Gasteiger partial charge in [-0.15, -0.1) is 11.3 Å². The number of aryl methyl sites for hydroxylation is 1. The minimum atomic E-state index is -0.979. The molecule has 1 aromatic heterocycles. The van der Waals surface area contributed by atoms with E-state index in [4.69, 9.17) is 12.6 Å². The Kier molecular flexibility index (Phi) is 9.30. The number of amides is 1. The Balaban J connectivity index is 2.27. The number of nitrogens with zero attached hydrogens (tertiary/aromatic N) is 1. The molecule has 1 amide bonds. The van der Waals surface area contributed by atoms with Crippen LogP contribution in [0.4, 0.5) is 0 Å². The molecule has 2 heterocycles. The molecule has 0 saturated carbocycles. The van der Waals surface area contributed by atoms with Crippen molar-refractivity contribution in [1.29, 1.82) is 0 Å². The second-order valence-electron chi connectivity index (χ2n) is 8.91. The lowest BCUT2D eigenvalue weighted by atomic mass is 9.80. The van der Waals surface area contributed by atoms with E-state index in [0.29, 0.717) is 19.3 Å². The summed E-state index contributed by atoms with van der Waals surface area (Å²) in [4.78, 5) is 41.5. The van der Waals surface area contributed by atoms with Gasteiger partial charge in [-0.25, -0.2) is 4.98 Å². The monoisotopic (exact) mass is 466 g/mol. The van der Waals surface area contributed by atoms with E-state index in [1.165, 1.54) is 11.3 Å². The predicted octanol–water partition coefficient (Wildman–Crippen LogP) is 4.61. The molecule has 0 saturated heterocycles. The predicted molar refractivity (Wildman–Crippen MR) is 126 cm³/mol. The van der Waals surface area contributed by atoms with E-state index in [9.17, 15) is 19.5 Å². The first-order chi connectivity index (χ1) is 14.5. The second-order valence-corrected chi connectivity index (χ2v) is 10.7. The van der Waals surface area contributed by atoms with Crippen molar-refractivity contribution in [3.05, 3.63) is 28.2 Å². The van der Waals surface area contributed by atoms with Gasteiger partial charge in [0, 0.05) is 23.0 Å². The van der Waals surface area contributed by atoms with Crippen LogP contribution >= 0.6 is 24.0 Å². The van der Waals surface area contributed by atoms with Gasteiger partial charge in [0.05, 0.1) is 17.7 Å². The number of aromatic nitrogens is 1. The number of nitrogens with one attached hydrogen (secondary N) is 1. The third-order valence-electron chi connectivity index (χ3n) is 6.36. The molecule has 6 nitrogen and oxygen atoms in total. The van der Waals surface area contributed by atoms with Crippen LogP contribution in [0.3, 0.4) is 0 Å². The molecule has 5 atom stereocenters. The Bertz CT molecular complexity index is 822. The number of carbonyl (C=O) groups excluding carboxylic acids is 2. The van der Waals surface area contributed by atoms with Crippen LogP contribution in [0.15, 0.2) is 17.5 Å². The number of rotatable bonds is 2. The number of fused-ring (bicyclic) bond motifs is 2. The minimum absolute atomic E-state index is 0.00885. The fraction of sp³-hybridized carbons (Fsp3) is 0.652. The van der Waals surface area contributed by atoms with Crippen LogP contribution in [0.2, 0.25) is 0 Å². The number of hydrogen-bond donors (Lipinski definition) is 3. The number of aliphatic carboxylic acids is 1. The number of carbonyl (C=O) groups is 3. The van der Waals surface area contributed by atoms with Crippen LogP contribution in [-0.2, 0) is 20.8 Å². The summed E-state index contributed by atoms with van der Waals surface area (Å²) in [5, 5.41) is 15.4. The van der Waals surface area contributed by atoms with E-state index in [0.717, 1.165) is 23.5 Å². The molecule has 2 bridgehead atoms. The number of allylic oxidation sites excluding steroid dienone is 2. The smallest absolute Gasteiger partial charge is 0.307 e. The Morgan fingerprint density at radius 1 is 1.32 bits per heavy atom. The quantitative estimate of drug-likeness (QED) is 0.553. The van der Waals surface area contributed by atoms with E-state index in [1.807, 2.05) is 25.3 Å². The van der Waals surface area contributed by atoms with Gasteiger partial charge in [-0.05, 0) is 50.5 Å². The number of carboxylic acid groups (broad SMARTS) is 1. The molecule has 1 aliphatic heterocycles. The molecule has 1 aromatic rings. The van der Waals surface area contributed by atoms with Crippen LogP contribution in [0.5, 0.6) is 0 Å². The van der Waals surface area contributed by atoms with Crippen molar-refractivity contribution in [2.24, 2.45) is 17.8 Å². The largest absolute Gasteiger partial charge is 0.481 e. The first-order valence-electron chi connectivity index (χ1n) is 10.9. The summed E-state index contributed by atoms with van der Waals surface area (Å²) >= 11 is 6.22. The molecule has 0 spiro atoms. The van der Waals surface area contributed by atoms with Gasteiger partial charge < -0.3 is 10.4 Å². The maximum Gasteiger partial charge on any atom is 0.307 e. The van der Waals surface area contributed by atoms with Gasteiger partial charge in [0.25, 0.3) is 0 Å². The van der Waals surface area contributed by atoms with Gasteiger partial charge in [0.2, 0.25) is 5.91 Å². The van der Waals surface area contributed by atoms with E-state index in [2.05, 4.69) is 17.2 Å². The van der Waals surface area contributed by atoms with Gasteiger partial charge in [0.15, 0.2) is 5.78 Å². The molecule has 0 radical (unpaired) electrons. The standard InChI is InChI=1S/C23H34N2O4S2/c1-14-9-10-23(30,16(3)22(28)29)12-20(27)24-17(4)21-25-18(13-31-21)7-5-6-8-19(26)11-15(14)2/h6,8,13-17,30H,5,7,9-12H2,1-4H3,(H,24,27)(H,28,29)/b8-6+/t14?,15?,16?,17-,23-/m1/s1. The van der Waals surface area contributed by atoms with Crippen molar-refractivity contribution >= 4 is 41.6 Å². The lowest BCUT2D eigenvalue weighted by molar-refractivity contribution is -0.142. The number of hydrogen-bond acceptors (Lipinski definition) is 6. The molecule has 0 fully saturated rings. The number of thiazole rings is 1. The topological polar surface area (TPSA) is 96.4 Å². The van der Waals surface area contributed by atoms with Crippen molar-refractivity contribution < 1.29 is 19.5 Å². The zero-order chi connectivity index (χ0) is 23.2. The Morgan fingerprint density at radius 2 is 2.03 bits per heavy atom. The average molecular weight is 467 g/mol. The summed E-state index contributed by atoms with van der Waals surface area (Å²) in [5.74, 6) is -1.53. The van der Waals surface area contributed by atoms with Crippen LogP contribution < -0.4 is 5.32 Å². The van der Waals surface area contributed by atoms with Crippen molar-refractivity contribution in [3.63, 3.8) is 0 Å². The normalized spacial score (nSPS) is 31.2. The highest BCUT2D eigenvalue weighted by molar-refractivity contribution is 7.81. The fourth-order valence-corrected chi connectivity index (χ4v) is 4.99. The maximum atomic E-state index is 12.8. The van der Waals surface area contributed by atoms with Crippen molar-refractivity contribution in [2.45, 2.75) is 77.0 Å². The van der Waals surface area contributed by atoms with Gasteiger partial charge in [0.1, 0.15) is 5.01 Å². The lowest BCUT2D eigenvalue weighted by Crippen LogP contribution is -2.42. The summed E-state index contributed by atoms with van der Waals surface area (Å²) in [6, 6.07) is -0.265. The molecule has 172 valence electrons. The molecule has 0 aliphatic carbocycles. The summed E-state index contributed by atoms with van der Waals surface area (Å²) in [7, 11) is 0. The van der Waals surface area contributed by atoms with Gasteiger partial charge >= 0.3 is 5.97 Å².